The van der Waals surface area contributed by atoms with E-state index >= 15 is 0 Å². The van der Waals surface area contributed by atoms with Crippen LogP contribution in [-0.4, -0.2) is 19.5 Å². The first-order chi connectivity index (χ1) is 5.81. The Kier molecular flexibility index (Phi) is 2.92. The molecule has 2 N–H and O–H groups in total. The van der Waals surface area contributed by atoms with Gasteiger partial charge in [0.1, 0.15) is 0 Å². The molecule has 0 aliphatic carbocycles. The molecule has 62 valence electrons. The zero-order valence-corrected chi connectivity index (χ0v) is 7.25. The molecule has 0 bridgehead atoms. The fraction of sp³-hybridized carbons (Fsp3) is 0.500. The van der Waals surface area contributed by atoms with Crippen molar-refractivity contribution in [1.29, 1.82) is 5.26 Å². The van der Waals surface area contributed by atoms with Gasteiger partial charge in [0.25, 0.3) is 6.71 Å². The summed E-state index contributed by atoms with van der Waals surface area (Å²) >= 11 is 0. The van der Waals surface area contributed by atoms with Gasteiger partial charge in [0.05, 0.1) is 0 Å². The highest BCUT2D eigenvalue weighted by Gasteiger charge is 2.24. The van der Waals surface area contributed by atoms with Crippen LogP contribution in [0.4, 0.5) is 0 Å². The molecular formula is C8H12BN3. The first-order valence-electron chi connectivity index (χ1n) is 4.08. The standard InChI is InChI=1S/C8H12BN3/c1-12-8-2-3-9(6-11)4-7(8)5-10/h5H,2-4,10H2,1H3. The molecule has 1 heterocycles. The quantitative estimate of drug-likeness (QED) is 0.535. The molecule has 0 spiro atoms. The van der Waals surface area contributed by atoms with E-state index < -0.39 is 0 Å². The van der Waals surface area contributed by atoms with Crippen LogP contribution in [0.2, 0.25) is 12.6 Å². The zero-order chi connectivity index (χ0) is 8.97. The summed E-state index contributed by atoms with van der Waals surface area (Å²) in [4.78, 5) is 4.13. The van der Waals surface area contributed by atoms with Crippen LogP contribution in [0, 0.1) is 11.2 Å². The summed E-state index contributed by atoms with van der Waals surface area (Å²) in [6, 6.07) is 0. The van der Waals surface area contributed by atoms with Crippen molar-refractivity contribution in [2.45, 2.75) is 19.1 Å². The second-order valence-electron chi connectivity index (χ2n) is 2.93. The van der Waals surface area contributed by atoms with Gasteiger partial charge in [0, 0.05) is 18.7 Å². The fourth-order valence-corrected chi connectivity index (χ4v) is 1.49. The number of nitrogens with two attached hydrogens (primary N) is 1. The molecule has 0 unspecified atom stereocenters. The van der Waals surface area contributed by atoms with Gasteiger partial charge in [-0.25, -0.2) is 5.26 Å². The number of nitriles is 1. The average Bonchev–Trinajstić information content (AvgIpc) is 2.16. The highest BCUT2D eigenvalue weighted by atomic mass is 14.7. The molecule has 0 aromatic rings. The molecule has 0 atom stereocenters. The van der Waals surface area contributed by atoms with Crippen LogP contribution in [-0.2, 0) is 0 Å². The molecule has 0 aromatic carbocycles. The van der Waals surface area contributed by atoms with E-state index in [0.717, 1.165) is 30.3 Å². The molecule has 0 aromatic heterocycles. The molecule has 3 nitrogen and oxygen atoms in total. The number of allylic oxidation sites excluding steroid dienone is 1. The Labute approximate surface area is 73.0 Å². The van der Waals surface area contributed by atoms with Crippen LogP contribution in [0.5, 0.6) is 0 Å². The maximum Gasteiger partial charge on any atom is 0.272 e. The minimum absolute atomic E-state index is 0.130. The zero-order valence-electron chi connectivity index (χ0n) is 7.25. The lowest BCUT2D eigenvalue weighted by molar-refractivity contribution is 1.15. The third-order valence-corrected chi connectivity index (χ3v) is 2.22. The van der Waals surface area contributed by atoms with E-state index in [4.69, 9.17) is 11.0 Å². The van der Waals surface area contributed by atoms with Gasteiger partial charge in [0.2, 0.25) is 0 Å². The maximum atomic E-state index is 8.71. The SMILES string of the molecule is CN=C1CCB(C#N)CC1=CN. The Balaban J connectivity index is 2.75. The lowest BCUT2D eigenvalue weighted by Gasteiger charge is -2.17. The first-order valence-corrected chi connectivity index (χ1v) is 4.08. The van der Waals surface area contributed by atoms with Crippen LogP contribution in [0.1, 0.15) is 6.42 Å². The summed E-state index contributed by atoms with van der Waals surface area (Å²) in [7, 11) is 1.77. The second kappa shape index (κ2) is 3.96. The van der Waals surface area contributed by atoms with Crippen molar-refractivity contribution in [3.05, 3.63) is 11.8 Å². The number of aliphatic imine (C=N–C) groups is 1. The van der Waals surface area contributed by atoms with Gasteiger partial charge in [-0.1, -0.05) is 6.32 Å². The number of nitrogens with zero attached hydrogens (tertiary/aromatic N) is 2. The Bertz CT molecular complexity index is 262. The molecule has 1 aliphatic heterocycles. The number of hydrogen-bond donors (Lipinski definition) is 1. The lowest BCUT2D eigenvalue weighted by Crippen LogP contribution is -2.23. The molecule has 0 saturated carbocycles. The summed E-state index contributed by atoms with van der Waals surface area (Å²) in [6.45, 7) is 0.130. The highest BCUT2D eigenvalue weighted by Crippen LogP contribution is 2.21. The normalized spacial score (nSPS) is 24.5. The summed E-state index contributed by atoms with van der Waals surface area (Å²) in [5.41, 5.74) is 7.53. The molecule has 0 radical (unpaired) electrons. The van der Waals surface area contributed by atoms with E-state index in [-0.39, 0.29) is 6.71 Å². The third-order valence-electron chi connectivity index (χ3n) is 2.22. The maximum absolute atomic E-state index is 8.71. The van der Waals surface area contributed by atoms with Gasteiger partial charge in [-0.05, 0) is 24.5 Å². The smallest absolute Gasteiger partial charge is 0.272 e. The Morgan fingerprint density at radius 3 is 3.00 bits per heavy atom. The van der Waals surface area contributed by atoms with Gasteiger partial charge in [-0.2, -0.15) is 0 Å². The summed E-state index contributed by atoms with van der Waals surface area (Å²) < 4.78 is 0. The number of hydrogen-bond acceptors (Lipinski definition) is 3. The molecule has 1 aliphatic rings. The minimum Gasteiger partial charge on any atom is -0.404 e. The number of rotatable bonds is 0. The van der Waals surface area contributed by atoms with E-state index in [1.165, 1.54) is 0 Å². The van der Waals surface area contributed by atoms with Gasteiger partial charge in [-0.15, -0.1) is 0 Å². The third kappa shape index (κ3) is 1.67. The topological polar surface area (TPSA) is 62.2 Å². The lowest BCUT2D eigenvalue weighted by atomic mass is 9.42. The van der Waals surface area contributed by atoms with Crippen LogP contribution in [0.15, 0.2) is 16.8 Å². The molecule has 4 heteroatoms. The Hall–Kier alpha value is -1.24. The largest absolute Gasteiger partial charge is 0.404 e. The van der Waals surface area contributed by atoms with Crippen LogP contribution >= 0.6 is 0 Å². The van der Waals surface area contributed by atoms with Crippen molar-refractivity contribution in [3.8, 4) is 5.97 Å². The van der Waals surface area contributed by atoms with Crippen molar-refractivity contribution < 1.29 is 0 Å². The van der Waals surface area contributed by atoms with Crippen molar-refractivity contribution in [3.63, 3.8) is 0 Å². The monoisotopic (exact) mass is 161 g/mol. The van der Waals surface area contributed by atoms with E-state index in [1.807, 2.05) is 0 Å². The summed E-state index contributed by atoms with van der Waals surface area (Å²) in [5, 5.41) is 8.71. The average molecular weight is 161 g/mol. The molecule has 1 fully saturated rings. The van der Waals surface area contributed by atoms with Crippen molar-refractivity contribution in [1.82, 2.24) is 0 Å². The highest BCUT2D eigenvalue weighted by molar-refractivity contribution is 6.69. The molecular weight excluding hydrogens is 149 g/mol. The van der Waals surface area contributed by atoms with Crippen LogP contribution in [0.3, 0.4) is 0 Å². The first kappa shape index (κ1) is 8.86. The predicted molar refractivity (Wildman–Crippen MR) is 51.2 cm³/mol. The fourth-order valence-electron chi connectivity index (χ4n) is 1.49. The molecule has 0 amide bonds. The Morgan fingerprint density at radius 1 is 1.75 bits per heavy atom. The summed E-state index contributed by atoms with van der Waals surface area (Å²) in [6.07, 6.45) is 4.14. The van der Waals surface area contributed by atoms with Crippen LogP contribution in [0.25, 0.3) is 0 Å². The second-order valence-corrected chi connectivity index (χ2v) is 2.93. The van der Waals surface area contributed by atoms with E-state index in [2.05, 4.69) is 11.0 Å². The van der Waals surface area contributed by atoms with E-state index in [9.17, 15) is 0 Å². The van der Waals surface area contributed by atoms with Gasteiger partial charge >= 0.3 is 0 Å². The van der Waals surface area contributed by atoms with E-state index in [0.29, 0.717) is 0 Å². The predicted octanol–water partition coefficient (Wildman–Crippen LogP) is 0.861. The van der Waals surface area contributed by atoms with Crippen molar-refractivity contribution >= 4 is 12.4 Å². The van der Waals surface area contributed by atoms with Gasteiger partial charge in [-0.3, -0.25) is 4.99 Å². The molecule has 12 heavy (non-hydrogen) atoms. The van der Waals surface area contributed by atoms with Crippen molar-refractivity contribution in [2.24, 2.45) is 10.7 Å². The molecule has 1 rings (SSSR count). The van der Waals surface area contributed by atoms with Crippen molar-refractivity contribution in [2.75, 3.05) is 7.05 Å². The van der Waals surface area contributed by atoms with Gasteiger partial charge in [0.15, 0.2) is 0 Å². The Morgan fingerprint density at radius 2 is 2.50 bits per heavy atom. The van der Waals surface area contributed by atoms with E-state index in [1.54, 1.807) is 13.2 Å². The summed E-state index contributed by atoms with van der Waals surface area (Å²) in [5.74, 6) is 2.26. The minimum atomic E-state index is 0.130. The molecule has 1 saturated heterocycles. The van der Waals surface area contributed by atoms with Crippen LogP contribution < -0.4 is 5.73 Å². The van der Waals surface area contributed by atoms with Gasteiger partial charge < -0.3 is 5.73 Å².